The quantitative estimate of drug-likeness (QED) is 0.879. The van der Waals surface area contributed by atoms with Crippen molar-refractivity contribution in [2.75, 3.05) is 18.4 Å². The number of nitrogens with zero attached hydrogens (tertiary/aromatic N) is 3. The van der Waals surface area contributed by atoms with Crippen molar-refractivity contribution >= 4 is 24.3 Å². The number of aromatic nitrogens is 3. The average molecular weight is 288 g/mol. The van der Waals surface area contributed by atoms with E-state index in [1.54, 1.807) is 4.68 Å². The zero-order valence-corrected chi connectivity index (χ0v) is 12.3. The van der Waals surface area contributed by atoms with Crippen LogP contribution in [0.1, 0.15) is 44.3 Å². The summed E-state index contributed by atoms with van der Waals surface area (Å²) in [4.78, 5) is 16.0. The molecule has 1 aliphatic heterocycles. The Hall–Kier alpha value is -1.14. The van der Waals surface area contributed by atoms with E-state index in [4.69, 9.17) is 0 Å². The van der Waals surface area contributed by atoms with Crippen LogP contribution >= 0.6 is 12.4 Å². The van der Waals surface area contributed by atoms with Crippen LogP contribution in [0.25, 0.3) is 0 Å². The van der Waals surface area contributed by atoms with E-state index in [-0.39, 0.29) is 18.3 Å². The van der Waals surface area contributed by atoms with Crippen LogP contribution < -0.4 is 10.6 Å². The van der Waals surface area contributed by atoms with Gasteiger partial charge in [0, 0.05) is 19.4 Å². The molecule has 108 valence electrons. The molecule has 1 saturated heterocycles. The summed E-state index contributed by atoms with van der Waals surface area (Å²) in [6.45, 7) is 4.01. The summed E-state index contributed by atoms with van der Waals surface area (Å²) in [5.74, 6) is 1.83. The van der Waals surface area contributed by atoms with E-state index in [1.807, 2.05) is 14.0 Å². The summed E-state index contributed by atoms with van der Waals surface area (Å²) >= 11 is 0. The maximum Gasteiger partial charge on any atom is 0.227 e. The summed E-state index contributed by atoms with van der Waals surface area (Å²) in [6, 6.07) is 0. The molecule has 2 rings (SSSR count). The van der Waals surface area contributed by atoms with Gasteiger partial charge in [-0.2, -0.15) is 10.1 Å². The van der Waals surface area contributed by atoms with Crippen LogP contribution in [0.15, 0.2) is 0 Å². The fraction of sp³-hybridized carbons (Fsp3) is 0.750. The molecule has 0 bridgehead atoms. The van der Waals surface area contributed by atoms with Crippen LogP contribution in [0.3, 0.4) is 0 Å². The smallest absolute Gasteiger partial charge is 0.227 e. The van der Waals surface area contributed by atoms with Crippen molar-refractivity contribution in [1.29, 1.82) is 0 Å². The van der Waals surface area contributed by atoms with Crippen molar-refractivity contribution in [1.82, 2.24) is 20.1 Å². The Morgan fingerprint density at radius 2 is 2.16 bits per heavy atom. The van der Waals surface area contributed by atoms with Gasteiger partial charge in [-0.1, -0.05) is 6.92 Å². The molecule has 2 heterocycles. The molecule has 0 spiro atoms. The summed E-state index contributed by atoms with van der Waals surface area (Å²) in [5.41, 5.74) is 0. The van der Waals surface area contributed by atoms with Crippen LogP contribution in [0.4, 0.5) is 5.95 Å². The van der Waals surface area contributed by atoms with Gasteiger partial charge in [0.1, 0.15) is 0 Å². The van der Waals surface area contributed by atoms with E-state index in [0.717, 1.165) is 38.2 Å². The van der Waals surface area contributed by atoms with Crippen molar-refractivity contribution < 1.29 is 4.79 Å². The number of hydrogen-bond donors (Lipinski definition) is 2. The van der Waals surface area contributed by atoms with Gasteiger partial charge in [0.2, 0.25) is 11.9 Å². The number of piperidine rings is 1. The van der Waals surface area contributed by atoms with E-state index in [0.29, 0.717) is 18.3 Å². The van der Waals surface area contributed by atoms with Gasteiger partial charge in [0.25, 0.3) is 0 Å². The number of amides is 1. The predicted octanol–water partition coefficient (Wildman–Crippen LogP) is 1.44. The van der Waals surface area contributed by atoms with Gasteiger partial charge in [-0.25, -0.2) is 4.68 Å². The van der Waals surface area contributed by atoms with Crippen molar-refractivity contribution in [2.24, 2.45) is 7.05 Å². The Bertz CT molecular complexity index is 414. The van der Waals surface area contributed by atoms with Gasteiger partial charge in [0.05, 0.1) is 0 Å². The summed E-state index contributed by atoms with van der Waals surface area (Å²) in [7, 11) is 1.82. The highest BCUT2D eigenvalue weighted by atomic mass is 35.5. The highest BCUT2D eigenvalue weighted by molar-refractivity contribution is 5.88. The molecule has 1 aromatic rings. The second-order valence-electron chi connectivity index (χ2n) is 4.74. The predicted molar refractivity (Wildman–Crippen MR) is 76.6 cm³/mol. The maximum absolute atomic E-state index is 11.5. The molecule has 0 saturated carbocycles. The second kappa shape index (κ2) is 7.45. The minimum absolute atomic E-state index is 0. The van der Waals surface area contributed by atoms with E-state index >= 15 is 0 Å². The van der Waals surface area contributed by atoms with E-state index in [2.05, 4.69) is 20.7 Å². The molecule has 2 N–H and O–H groups in total. The van der Waals surface area contributed by atoms with Gasteiger partial charge in [-0.15, -0.1) is 12.4 Å². The van der Waals surface area contributed by atoms with E-state index in [1.165, 1.54) is 0 Å². The van der Waals surface area contributed by atoms with Gasteiger partial charge in [-0.05, 0) is 32.4 Å². The first kappa shape index (κ1) is 15.9. The van der Waals surface area contributed by atoms with Crippen LogP contribution in [-0.2, 0) is 11.8 Å². The van der Waals surface area contributed by atoms with E-state index < -0.39 is 0 Å². The third-order valence-electron chi connectivity index (χ3n) is 3.21. The first-order valence-corrected chi connectivity index (χ1v) is 6.62. The monoisotopic (exact) mass is 287 g/mol. The van der Waals surface area contributed by atoms with Crippen LogP contribution in [0, 0.1) is 0 Å². The van der Waals surface area contributed by atoms with Crippen LogP contribution in [0.2, 0.25) is 0 Å². The fourth-order valence-corrected chi connectivity index (χ4v) is 2.18. The van der Waals surface area contributed by atoms with Gasteiger partial charge >= 0.3 is 0 Å². The Morgan fingerprint density at radius 3 is 2.79 bits per heavy atom. The molecule has 0 aliphatic carbocycles. The highest BCUT2D eigenvalue weighted by Gasteiger charge is 2.21. The first-order valence-electron chi connectivity index (χ1n) is 6.62. The summed E-state index contributed by atoms with van der Waals surface area (Å²) in [6.07, 6.45) is 3.49. The second-order valence-corrected chi connectivity index (χ2v) is 4.74. The molecule has 1 fully saturated rings. The normalized spacial score (nSPS) is 15.9. The standard InChI is InChI=1S/C12H21N5O.ClH/c1-3-4-10(18)14-12-15-11(16-17(12)2)9-5-7-13-8-6-9;/h9,13H,3-8H2,1-2H3,(H,14,15,16,18);1H. The Labute approximate surface area is 119 Å². The van der Waals surface area contributed by atoms with Crippen molar-refractivity contribution in [3.05, 3.63) is 5.82 Å². The molecule has 0 atom stereocenters. The zero-order chi connectivity index (χ0) is 13.0. The third kappa shape index (κ3) is 4.18. The first-order chi connectivity index (χ1) is 8.70. The van der Waals surface area contributed by atoms with Gasteiger partial charge < -0.3 is 5.32 Å². The van der Waals surface area contributed by atoms with Crippen LogP contribution in [-0.4, -0.2) is 33.8 Å². The molecule has 0 radical (unpaired) electrons. The number of halogens is 1. The molecule has 1 amide bonds. The van der Waals surface area contributed by atoms with Crippen molar-refractivity contribution in [3.63, 3.8) is 0 Å². The lowest BCUT2D eigenvalue weighted by atomic mass is 9.98. The lowest BCUT2D eigenvalue weighted by Gasteiger charge is -2.19. The molecule has 1 aliphatic rings. The van der Waals surface area contributed by atoms with Crippen molar-refractivity contribution in [2.45, 2.75) is 38.5 Å². The number of hydrogen-bond acceptors (Lipinski definition) is 4. The molecule has 1 aromatic heterocycles. The minimum Gasteiger partial charge on any atom is -0.317 e. The third-order valence-corrected chi connectivity index (χ3v) is 3.21. The SMILES string of the molecule is CCCC(=O)Nc1nc(C2CCNCC2)nn1C.Cl. The van der Waals surface area contributed by atoms with Crippen molar-refractivity contribution in [3.8, 4) is 0 Å². The molecular formula is C12H22ClN5O. The Kier molecular flexibility index (Phi) is 6.24. The molecule has 7 heteroatoms. The maximum atomic E-state index is 11.5. The summed E-state index contributed by atoms with van der Waals surface area (Å²) in [5, 5.41) is 10.5. The number of carbonyl (C=O) groups is 1. The van der Waals surface area contributed by atoms with Crippen LogP contribution in [0.5, 0.6) is 0 Å². The number of aryl methyl sites for hydroxylation is 1. The molecule has 6 nitrogen and oxygen atoms in total. The molecule has 0 aromatic carbocycles. The number of anilines is 1. The van der Waals surface area contributed by atoms with E-state index in [9.17, 15) is 4.79 Å². The van der Waals surface area contributed by atoms with Gasteiger partial charge in [-0.3, -0.25) is 10.1 Å². The number of nitrogens with one attached hydrogen (secondary N) is 2. The molecular weight excluding hydrogens is 266 g/mol. The minimum atomic E-state index is 0. The lowest BCUT2D eigenvalue weighted by Crippen LogP contribution is -2.27. The highest BCUT2D eigenvalue weighted by Crippen LogP contribution is 2.23. The number of carbonyl (C=O) groups excluding carboxylic acids is 1. The zero-order valence-electron chi connectivity index (χ0n) is 11.5. The fourth-order valence-electron chi connectivity index (χ4n) is 2.18. The molecule has 0 unspecified atom stereocenters. The molecule has 19 heavy (non-hydrogen) atoms. The van der Waals surface area contributed by atoms with Gasteiger partial charge in [0.15, 0.2) is 5.82 Å². The Balaban J connectivity index is 0.00000180. The number of rotatable bonds is 4. The lowest BCUT2D eigenvalue weighted by molar-refractivity contribution is -0.116. The Morgan fingerprint density at radius 1 is 1.47 bits per heavy atom. The average Bonchev–Trinajstić information content (AvgIpc) is 2.72. The largest absolute Gasteiger partial charge is 0.317 e. The summed E-state index contributed by atoms with van der Waals surface area (Å²) < 4.78 is 1.66. The topological polar surface area (TPSA) is 71.8 Å².